The molecule has 0 radical (unpaired) electrons. The van der Waals surface area contributed by atoms with Gasteiger partial charge in [-0.05, 0) is 24.6 Å². The van der Waals surface area contributed by atoms with Gasteiger partial charge in [-0.25, -0.2) is 8.42 Å². The Morgan fingerprint density at radius 3 is 2.72 bits per heavy atom. The molecule has 0 amide bonds. The highest BCUT2D eigenvalue weighted by molar-refractivity contribution is 7.91. The van der Waals surface area contributed by atoms with E-state index in [4.69, 9.17) is 5.73 Å². The molecule has 1 unspecified atom stereocenters. The van der Waals surface area contributed by atoms with E-state index in [9.17, 15) is 13.5 Å². The van der Waals surface area contributed by atoms with Crippen molar-refractivity contribution < 1.29 is 13.5 Å². The summed E-state index contributed by atoms with van der Waals surface area (Å²) in [6, 6.07) is 4.96. The Bertz CT molecular complexity index is 542. The smallest absolute Gasteiger partial charge is 0.180 e. The van der Waals surface area contributed by atoms with Crippen molar-refractivity contribution in [2.45, 2.75) is 24.3 Å². The molecular formula is C12H18N2O3S. The molecule has 0 aliphatic carbocycles. The summed E-state index contributed by atoms with van der Waals surface area (Å²) in [6.07, 6.45) is 0.417. The van der Waals surface area contributed by atoms with Crippen LogP contribution in [0.3, 0.4) is 0 Å². The van der Waals surface area contributed by atoms with E-state index in [0.717, 1.165) is 18.7 Å². The number of aliphatic hydroxyl groups is 1. The zero-order valence-electron chi connectivity index (χ0n) is 10.3. The number of nitrogens with zero attached hydrogens (tertiary/aromatic N) is 1. The molecule has 1 saturated heterocycles. The maximum atomic E-state index is 11.8. The number of rotatable bonds is 3. The second-order valence-corrected chi connectivity index (χ2v) is 6.76. The number of benzene rings is 1. The Labute approximate surface area is 107 Å². The number of hydrogen-bond donors (Lipinski definition) is 2. The van der Waals surface area contributed by atoms with E-state index < -0.39 is 9.84 Å². The Balaban J connectivity index is 2.31. The largest absolute Gasteiger partial charge is 0.398 e. The molecule has 1 aliphatic heterocycles. The average molecular weight is 270 g/mol. The van der Waals surface area contributed by atoms with Gasteiger partial charge in [0, 0.05) is 18.8 Å². The molecule has 3 N–H and O–H groups in total. The van der Waals surface area contributed by atoms with Gasteiger partial charge in [0.05, 0.1) is 22.4 Å². The minimum atomic E-state index is -3.27. The number of anilines is 2. The summed E-state index contributed by atoms with van der Waals surface area (Å²) in [5.41, 5.74) is 6.95. The van der Waals surface area contributed by atoms with Gasteiger partial charge in [-0.3, -0.25) is 0 Å². The Morgan fingerprint density at radius 1 is 1.50 bits per heavy atom. The van der Waals surface area contributed by atoms with Crippen LogP contribution in [0.15, 0.2) is 23.1 Å². The van der Waals surface area contributed by atoms with E-state index >= 15 is 0 Å². The summed E-state index contributed by atoms with van der Waals surface area (Å²) in [7, 11) is -3.27. The number of β-amino-alcohol motifs (C(OH)–C–C–N with tert-alkyl or cyclic N) is 1. The fourth-order valence-corrected chi connectivity index (χ4v) is 3.15. The molecule has 1 aliphatic rings. The van der Waals surface area contributed by atoms with Gasteiger partial charge in [0.25, 0.3) is 0 Å². The quantitative estimate of drug-likeness (QED) is 0.787. The topological polar surface area (TPSA) is 83.6 Å². The lowest BCUT2D eigenvalue weighted by atomic mass is 10.2. The third-order valence-corrected chi connectivity index (χ3v) is 5.04. The highest BCUT2D eigenvalue weighted by atomic mass is 32.2. The zero-order valence-corrected chi connectivity index (χ0v) is 11.2. The molecule has 0 spiro atoms. The fraction of sp³-hybridized carbons (Fsp3) is 0.500. The van der Waals surface area contributed by atoms with Gasteiger partial charge < -0.3 is 15.7 Å². The minimum absolute atomic E-state index is 0.0406. The number of nitrogens with two attached hydrogens (primary N) is 1. The molecule has 1 fully saturated rings. The Hall–Kier alpha value is -1.27. The van der Waals surface area contributed by atoms with Crippen LogP contribution < -0.4 is 10.6 Å². The molecule has 6 heteroatoms. The third-order valence-electron chi connectivity index (χ3n) is 3.24. The number of aliphatic hydroxyl groups excluding tert-OH is 1. The monoisotopic (exact) mass is 270 g/mol. The van der Waals surface area contributed by atoms with Crippen molar-refractivity contribution in [2.75, 3.05) is 29.5 Å². The van der Waals surface area contributed by atoms with Gasteiger partial charge in [0.1, 0.15) is 0 Å². The van der Waals surface area contributed by atoms with Gasteiger partial charge >= 0.3 is 0 Å². The van der Waals surface area contributed by atoms with Crippen molar-refractivity contribution in [3.63, 3.8) is 0 Å². The number of nitrogen functional groups attached to an aromatic ring is 1. The average Bonchev–Trinajstić information content (AvgIpc) is 2.75. The second-order valence-electron chi connectivity index (χ2n) is 4.51. The van der Waals surface area contributed by atoms with E-state index in [0.29, 0.717) is 6.54 Å². The van der Waals surface area contributed by atoms with E-state index in [-0.39, 0.29) is 22.4 Å². The highest BCUT2D eigenvalue weighted by Crippen LogP contribution is 2.27. The molecule has 0 bridgehead atoms. The van der Waals surface area contributed by atoms with Gasteiger partial charge in [0.2, 0.25) is 0 Å². The first kappa shape index (κ1) is 13.2. The summed E-state index contributed by atoms with van der Waals surface area (Å²) >= 11 is 0. The van der Waals surface area contributed by atoms with Crippen molar-refractivity contribution in [1.82, 2.24) is 0 Å². The summed E-state index contributed by atoms with van der Waals surface area (Å²) < 4.78 is 23.5. The summed E-state index contributed by atoms with van der Waals surface area (Å²) in [4.78, 5) is 2.19. The van der Waals surface area contributed by atoms with Crippen molar-refractivity contribution in [2.24, 2.45) is 0 Å². The van der Waals surface area contributed by atoms with Crippen molar-refractivity contribution in [3.8, 4) is 0 Å². The summed E-state index contributed by atoms with van der Waals surface area (Å²) in [6.45, 7) is 2.93. The standard InChI is InChI=1S/C12H18N2O3S/c1-2-18(16,17)12-4-3-9(7-11(12)13)14-6-5-10(15)8-14/h3-4,7,10,15H,2,5-6,8,13H2,1H3. The highest BCUT2D eigenvalue weighted by Gasteiger charge is 2.22. The van der Waals surface area contributed by atoms with Crippen molar-refractivity contribution in [3.05, 3.63) is 18.2 Å². The van der Waals surface area contributed by atoms with Crippen LogP contribution >= 0.6 is 0 Å². The Kier molecular flexibility index (Phi) is 3.49. The normalized spacial score (nSPS) is 20.3. The maximum absolute atomic E-state index is 11.8. The predicted molar refractivity (Wildman–Crippen MR) is 71.4 cm³/mol. The summed E-state index contributed by atoms with van der Waals surface area (Å²) in [5, 5.41) is 9.48. The van der Waals surface area contributed by atoms with Gasteiger partial charge in [-0.2, -0.15) is 0 Å². The van der Waals surface area contributed by atoms with Gasteiger partial charge in [0.15, 0.2) is 9.84 Å². The molecule has 1 aromatic carbocycles. The van der Waals surface area contributed by atoms with E-state index in [1.54, 1.807) is 25.1 Å². The minimum Gasteiger partial charge on any atom is -0.398 e. The van der Waals surface area contributed by atoms with E-state index in [1.165, 1.54) is 0 Å². The van der Waals surface area contributed by atoms with Crippen molar-refractivity contribution >= 4 is 21.2 Å². The molecule has 1 heterocycles. The van der Waals surface area contributed by atoms with Crippen LogP contribution in [-0.2, 0) is 9.84 Å². The zero-order chi connectivity index (χ0) is 13.3. The molecule has 5 nitrogen and oxygen atoms in total. The lowest BCUT2D eigenvalue weighted by Gasteiger charge is -2.19. The van der Waals surface area contributed by atoms with Crippen LogP contribution in [0.5, 0.6) is 0 Å². The third kappa shape index (κ3) is 2.44. The summed E-state index contributed by atoms with van der Waals surface area (Å²) in [5.74, 6) is 0.0406. The lowest BCUT2D eigenvalue weighted by Crippen LogP contribution is -2.21. The molecule has 18 heavy (non-hydrogen) atoms. The van der Waals surface area contributed by atoms with Crippen LogP contribution in [0, 0.1) is 0 Å². The fourth-order valence-electron chi connectivity index (χ4n) is 2.15. The molecule has 0 aromatic heterocycles. The molecule has 0 saturated carbocycles. The molecule has 2 rings (SSSR count). The van der Waals surface area contributed by atoms with Crippen LogP contribution in [-0.4, -0.2) is 38.5 Å². The number of sulfone groups is 1. The number of hydrogen-bond acceptors (Lipinski definition) is 5. The first-order chi connectivity index (χ1) is 8.44. The molecular weight excluding hydrogens is 252 g/mol. The molecule has 1 atom stereocenters. The maximum Gasteiger partial charge on any atom is 0.180 e. The first-order valence-corrected chi connectivity index (χ1v) is 7.64. The van der Waals surface area contributed by atoms with E-state index in [2.05, 4.69) is 0 Å². The van der Waals surface area contributed by atoms with Gasteiger partial charge in [-0.15, -0.1) is 0 Å². The van der Waals surface area contributed by atoms with Crippen LogP contribution in [0.25, 0.3) is 0 Å². The molecule has 1 aromatic rings. The SMILES string of the molecule is CCS(=O)(=O)c1ccc(N2CCC(O)C2)cc1N. The second kappa shape index (κ2) is 4.78. The Morgan fingerprint density at radius 2 is 2.22 bits per heavy atom. The lowest BCUT2D eigenvalue weighted by molar-refractivity contribution is 0.198. The van der Waals surface area contributed by atoms with Crippen molar-refractivity contribution in [1.29, 1.82) is 0 Å². The first-order valence-electron chi connectivity index (χ1n) is 5.99. The van der Waals surface area contributed by atoms with E-state index in [1.807, 2.05) is 4.90 Å². The van der Waals surface area contributed by atoms with Crippen LogP contribution in [0.2, 0.25) is 0 Å². The van der Waals surface area contributed by atoms with Gasteiger partial charge in [-0.1, -0.05) is 6.92 Å². The van der Waals surface area contributed by atoms with Crippen LogP contribution in [0.4, 0.5) is 11.4 Å². The molecule has 100 valence electrons. The predicted octanol–water partition coefficient (Wildman–Crippen LogP) is 0.633. The van der Waals surface area contributed by atoms with Crippen LogP contribution in [0.1, 0.15) is 13.3 Å².